The van der Waals surface area contributed by atoms with E-state index in [1.54, 1.807) is 11.9 Å². The van der Waals surface area contributed by atoms with Crippen LogP contribution >= 0.6 is 0 Å². The van der Waals surface area contributed by atoms with Gasteiger partial charge in [0.15, 0.2) is 0 Å². The van der Waals surface area contributed by atoms with Gasteiger partial charge in [-0.3, -0.25) is 4.79 Å². The smallest absolute Gasteiger partial charge is 0.238 e. The number of hydrazine groups is 1. The molecule has 1 N–H and O–H groups in total. The first-order valence-electron chi connectivity index (χ1n) is 6.35. The Morgan fingerprint density at radius 1 is 1.00 bits per heavy atom. The van der Waals surface area contributed by atoms with E-state index in [4.69, 9.17) is 0 Å². The summed E-state index contributed by atoms with van der Waals surface area (Å²) >= 11 is 0. The third kappa shape index (κ3) is 3.42. The minimum absolute atomic E-state index is 0.0334. The van der Waals surface area contributed by atoms with Crippen molar-refractivity contribution in [2.75, 3.05) is 5.01 Å². The number of rotatable bonds is 4. The second-order valence-corrected chi connectivity index (χ2v) is 4.45. The Bertz CT molecular complexity index is 525. The summed E-state index contributed by atoms with van der Waals surface area (Å²) in [7, 11) is 0. The second kappa shape index (κ2) is 6.16. The molecule has 0 fully saturated rings. The molecule has 2 aromatic rings. The average Bonchev–Trinajstić information content (AvgIpc) is 2.46. The number of para-hydroxylation sites is 1. The Morgan fingerprint density at radius 2 is 1.53 bits per heavy atom. The molecule has 98 valence electrons. The molecule has 0 bridgehead atoms. The normalized spacial score (nSPS) is 11.9. The van der Waals surface area contributed by atoms with Crippen molar-refractivity contribution in [3.63, 3.8) is 0 Å². The Labute approximate surface area is 113 Å². The third-order valence-corrected chi connectivity index (χ3v) is 2.95. The van der Waals surface area contributed by atoms with Crippen LogP contribution in [0.1, 0.15) is 25.5 Å². The van der Waals surface area contributed by atoms with Crippen LogP contribution < -0.4 is 10.4 Å². The third-order valence-electron chi connectivity index (χ3n) is 2.95. The Balaban J connectivity index is 2.16. The fourth-order valence-electron chi connectivity index (χ4n) is 1.93. The van der Waals surface area contributed by atoms with Gasteiger partial charge in [-0.15, -0.1) is 0 Å². The summed E-state index contributed by atoms with van der Waals surface area (Å²) in [6.07, 6.45) is 0. The molecular formula is C16H18N2O. The molecule has 3 heteroatoms. The van der Waals surface area contributed by atoms with Crippen LogP contribution in [-0.2, 0) is 4.79 Å². The highest BCUT2D eigenvalue weighted by Crippen LogP contribution is 2.16. The lowest BCUT2D eigenvalue weighted by atomic mass is 10.1. The number of anilines is 1. The maximum Gasteiger partial charge on any atom is 0.238 e. The monoisotopic (exact) mass is 254 g/mol. The van der Waals surface area contributed by atoms with Gasteiger partial charge in [0, 0.05) is 13.0 Å². The summed E-state index contributed by atoms with van der Waals surface area (Å²) in [4.78, 5) is 11.8. The number of carbonyl (C=O) groups excluding carboxylic acids is 1. The molecular weight excluding hydrogens is 236 g/mol. The summed E-state index contributed by atoms with van der Waals surface area (Å²) in [5, 5.41) is 1.58. The lowest BCUT2D eigenvalue weighted by molar-refractivity contribution is -0.117. The zero-order valence-electron chi connectivity index (χ0n) is 11.2. The molecule has 0 aliphatic rings. The number of nitrogens with one attached hydrogen (secondary N) is 1. The molecule has 0 aliphatic heterocycles. The van der Waals surface area contributed by atoms with Crippen LogP contribution in [-0.4, -0.2) is 5.91 Å². The largest absolute Gasteiger partial charge is 0.273 e. The van der Waals surface area contributed by atoms with Gasteiger partial charge in [-0.05, 0) is 24.6 Å². The highest BCUT2D eigenvalue weighted by Gasteiger charge is 2.14. The molecule has 0 aliphatic carbocycles. The van der Waals surface area contributed by atoms with Crippen LogP contribution in [0, 0.1) is 0 Å². The topological polar surface area (TPSA) is 32.3 Å². The summed E-state index contributed by atoms with van der Waals surface area (Å²) in [6, 6.07) is 19.7. The van der Waals surface area contributed by atoms with E-state index in [0.717, 1.165) is 11.3 Å². The second-order valence-electron chi connectivity index (χ2n) is 4.45. The maximum atomic E-state index is 11.8. The van der Waals surface area contributed by atoms with E-state index < -0.39 is 0 Å². The zero-order valence-corrected chi connectivity index (χ0v) is 11.2. The Morgan fingerprint density at radius 3 is 2.05 bits per heavy atom. The number of carbonyl (C=O) groups is 1. The van der Waals surface area contributed by atoms with Crippen LogP contribution in [0.3, 0.4) is 0 Å². The number of hydrogen-bond donors (Lipinski definition) is 1. The van der Waals surface area contributed by atoms with Gasteiger partial charge in [0.1, 0.15) is 0 Å². The van der Waals surface area contributed by atoms with E-state index in [0.29, 0.717) is 0 Å². The highest BCUT2D eigenvalue weighted by molar-refractivity contribution is 5.90. The SMILES string of the molecule is CC(=O)N(N[C@H](C)c1ccccc1)c1ccccc1. The minimum atomic E-state index is -0.0334. The zero-order chi connectivity index (χ0) is 13.7. The Kier molecular flexibility index (Phi) is 4.31. The van der Waals surface area contributed by atoms with Crippen molar-refractivity contribution in [2.24, 2.45) is 0 Å². The van der Waals surface area contributed by atoms with E-state index in [9.17, 15) is 4.79 Å². The quantitative estimate of drug-likeness (QED) is 0.849. The van der Waals surface area contributed by atoms with E-state index in [1.165, 1.54) is 0 Å². The van der Waals surface area contributed by atoms with E-state index in [1.807, 2.05) is 67.6 Å². The predicted molar refractivity (Wildman–Crippen MR) is 77.6 cm³/mol. The molecule has 0 unspecified atom stereocenters. The van der Waals surface area contributed by atoms with Crippen molar-refractivity contribution in [3.05, 3.63) is 66.2 Å². The van der Waals surface area contributed by atoms with Crippen LogP contribution in [0.15, 0.2) is 60.7 Å². The van der Waals surface area contributed by atoms with Crippen molar-refractivity contribution >= 4 is 11.6 Å². The molecule has 2 aromatic carbocycles. The van der Waals surface area contributed by atoms with Crippen LogP contribution in [0.4, 0.5) is 5.69 Å². The van der Waals surface area contributed by atoms with Crippen LogP contribution in [0.25, 0.3) is 0 Å². The molecule has 3 nitrogen and oxygen atoms in total. The predicted octanol–water partition coefficient (Wildman–Crippen LogP) is 3.31. The highest BCUT2D eigenvalue weighted by atomic mass is 16.2. The first-order valence-corrected chi connectivity index (χ1v) is 6.35. The van der Waals surface area contributed by atoms with Gasteiger partial charge in [-0.1, -0.05) is 48.5 Å². The van der Waals surface area contributed by atoms with E-state index >= 15 is 0 Å². The van der Waals surface area contributed by atoms with Crippen molar-refractivity contribution < 1.29 is 4.79 Å². The van der Waals surface area contributed by atoms with Crippen molar-refractivity contribution in [3.8, 4) is 0 Å². The summed E-state index contributed by atoms with van der Waals surface area (Å²) in [5.41, 5.74) is 5.22. The number of amides is 1. The lowest BCUT2D eigenvalue weighted by Gasteiger charge is -2.26. The standard InChI is InChI=1S/C16H18N2O/c1-13(15-9-5-3-6-10-15)17-18(14(2)19)16-11-7-4-8-12-16/h3-13,17H,1-2H3/t13-/m1/s1. The molecule has 0 saturated heterocycles. The average molecular weight is 254 g/mol. The number of nitrogens with zero attached hydrogens (tertiary/aromatic N) is 1. The fourth-order valence-corrected chi connectivity index (χ4v) is 1.93. The van der Waals surface area contributed by atoms with Gasteiger partial charge >= 0.3 is 0 Å². The molecule has 0 spiro atoms. The first kappa shape index (κ1) is 13.3. The lowest BCUT2D eigenvalue weighted by Crippen LogP contribution is -2.43. The Hall–Kier alpha value is -2.13. The number of benzene rings is 2. The van der Waals surface area contributed by atoms with E-state index in [-0.39, 0.29) is 11.9 Å². The molecule has 0 saturated carbocycles. The molecule has 0 aromatic heterocycles. The van der Waals surface area contributed by atoms with Gasteiger partial charge in [0.2, 0.25) is 5.91 Å². The molecule has 19 heavy (non-hydrogen) atoms. The molecule has 1 atom stereocenters. The summed E-state index contributed by atoms with van der Waals surface area (Å²) in [6.45, 7) is 3.59. The van der Waals surface area contributed by atoms with Crippen molar-refractivity contribution in [1.82, 2.24) is 5.43 Å². The summed E-state index contributed by atoms with van der Waals surface area (Å²) in [5.74, 6) is -0.0334. The molecule has 0 radical (unpaired) electrons. The van der Waals surface area contributed by atoms with Gasteiger partial charge < -0.3 is 0 Å². The van der Waals surface area contributed by atoms with Gasteiger partial charge in [-0.2, -0.15) is 0 Å². The number of hydrogen-bond acceptors (Lipinski definition) is 2. The maximum absolute atomic E-state index is 11.8. The van der Waals surface area contributed by atoms with Gasteiger partial charge in [0.25, 0.3) is 0 Å². The molecule has 0 heterocycles. The van der Waals surface area contributed by atoms with Crippen LogP contribution in [0.5, 0.6) is 0 Å². The van der Waals surface area contributed by atoms with Gasteiger partial charge in [-0.25, -0.2) is 10.4 Å². The minimum Gasteiger partial charge on any atom is -0.273 e. The van der Waals surface area contributed by atoms with Crippen LogP contribution in [0.2, 0.25) is 0 Å². The first-order chi connectivity index (χ1) is 9.18. The molecule has 2 rings (SSSR count). The van der Waals surface area contributed by atoms with Crippen molar-refractivity contribution in [2.45, 2.75) is 19.9 Å². The van der Waals surface area contributed by atoms with Crippen molar-refractivity contribution in [1.29, 1.82) is 0 Å². The molecule has 1 amide bonds. The van der Waals surface area contributed by atoms with Gasteiger partial charge in [0.05, 0.1) is 5.69 Å². The summed E-state index contributed by atoms with van der Waals surface area (Å²) < 4.78 is 0. The van der Waals surface area contributed by atoms with E-state index in [2.05, 4.69) is 5.43 Å². The fraction of sp³-hybridized carbons (Fsp3) is 0.188.